The van der Waals surface area contributed by atoms with Crippen LogP contribution in [-0.4, -0.2) is 42.5 Å². The van der Waals surface area contributed by atoms with Gasteiger partial charge in [-0.3, -0.25) is 9.59 Å². The van der Waals surface area contributed by atoms with E-state index in [1.807, 2.05) is 31.2 Å². The van der Waals surface area contributed by atoms with Crippen LogP contribution in [0.15, 0.2) is 46.9 Å². The van der Waals surface area contributed by atoms with Crippen LogP contribution in [0, 0.1) is 0 Å². The SMILES string of the molecule is CC[C@@H](C(=O)NC1CCCC1)N(Cc1cccc(OC)c1)C(=O)COc1ccc(Cl)cc1Br. The highest BCUT2D eigenvalue weighted by Crippen LogP contribution is 2.28. The summed E-state index contributed by atoms with van der Waals surface area (Å²) in [6.07, 6.45) is 4.72. The number of halogens is 2. The van der Waals surface area contributed by atoms with Crippen LogP contribution in [0.1, 0.15) is 44.6 Å². The Bertz CT molecular complexity index is 965. The zero-order valence-electron chi connectivity index (χ0n) is 19.0. The Morgan fingerprint density at radius 3 is 2.64 bits per heavy atom. The quantitative estimate of drug-likeness (QED) is 0.443. The van der Waals surface area contributed by atoms with E-state index in [2.05, 4.69) is 21.2 Å². The van der Waals surface area contributed by atoms with Crippen molar-refractivity contribution in [2.45, 2.75) is 57.7 Å². The maximum Gasteiger partial charge on any atom is 0.261 e. The number of amides is 2. The Labute approximate surface area is 208 Å². The van der Waals surface area contributed by atoms with Crippen molar-refractivity contribution in [3.8, 4) is 11.5 Å². The summed E-state index contributed by atoms with van der Waals surface area (Å²) in [5.41, 5.74) is 0.877. The topological polar surface area (TPSA) is 67.9 Å². The molecule has 0 spiro atoms. The number of methoxy groups -OCH3 is 1. The van der Waals surface area contributed by atoms with E-state index in [9.17, 15) is 9.59 Å². The molecule has 1 N–H and O–H groups in total. The maximum atomic E-state index is 13.3. The number of hydrogen-bond donors (Lipinski definition) is 1. The lowest BCUT2D eigenvalue weighted by Gasteiger charge is -2.31. The Hall–Kier alpha value is -2.25. The van der Waals surface area contributed by atoms with Gasteiger partial charge >= 0.3 is 0 Å². The molecular weight excluding hydrogens is 508 g/mol. The van der Waals surface area contributed by atoms with E-state index >= 15 is 0 Å². The number of nitrogens with one attached hydrogen (secondary N) is 1. The standard InChI is InChI=1S/C25H30BrClN2O4/c1-3-22(25(31)28-19-8-4-5-9-19)29(15-17-7-6-10-20(13-17)32-2)24(30)16-33-23-12-11-18(27)14-21(23)26/h6-7,10-14,19,22H,3-5,8-9,15-16H2,1-2H3,(H,28,31)/t22-/m0/s1. The van der Waals surface area contributed by atoms with Crippen molar-refractivity contribution >= 4 is 39.3 Å². The summed E-state index contributed by atoms with van der Waals surface area (Å²) < 4.78 is 11.8. The number of rotatable bonds is 10. The number of carbonyl (C=O) groups is 2. The minimum Gasteiger partial charge on any atom is -0.497 e. The fourth-order valence-corrected chi connectivity index (χ4v) is 4.87. The third-order valence-electron chi connectivity index (χ3n) is 5.82. The highest BCUT2D eigenvalue weighted by atomic mass is 79.9. The minimum atomic E-state index is -0.596. The predicted octanol–water partition coefficient (Wildman–Crippen LogP) is 5.36. The van der Waals surface area contributed by atoms with Crippen LogP contribution in [-0.2, 0) is 16.1 Å². The molecule has 0 heterocycles. The first-order valence-corrected chi connectivity index (χ1v) is 12.4. The average Bonchev–Trinajstić information content (AvgIpc) is 3.31. The van der Waals surface area contributed by atoms with E-state index < -0.39 is 6.04 Å². The van der Waals surface area contributed by atoms with Gasteiger partial charge in [0.15, 0.2) is 6.61 Å². The fraction of sp³-hybridized carbons (Fsp3) is 0.440. The zero-order valence-corrected chi connectivity index (χ0v) is 21.3. The summed E-state index contributed by atoms with van der Waals surface area (Å²) in [6.45, 7) is 2.00. The van der Waals surface area contributed by atoms with Gasteiger partial charge in [-0.15, -0.1) is 0 Å². The van der Waals surface area contributed by atoms with Gasteiger partial charge in [0.05, 0.1) is 11.6 Å². The van der Waals surface area contributed by atoms with Gasteiger partial charge in [-0.25, -0.2) is 0 Å². The summed E-state index contributed by atoms with van der Waals surface area (Å²) in [4.78, 5) is 28.1. The first-order chi connectivity index (χ1) is 15.9. The molecule has 6 nitrogen and oxygen atoms in total. The van der Waals surface area contributed by atoms with E-state index in [0.717, 1.165) is 31.2 Å². The molecule has 0 aromatic heterocycles. The van der Waals surface area contributed by atoms with Gasteiger partial charge in [0, 0.05) is 17.6 Å². The molecule has 1 fully saturated rings. The van der Waals surface area contributed by atoms with Crippen LogP contribution in [0.25, 0.3) is 0 Å². The molecule has 3 rings (SSSR count). The molecule has 0 radical (unpaired) electrons. The second-order valence-electron chi connectivity index (χ2n) is 8.15. The lowest BCUT2D eigenvalue weighted by Crippen LogP contribution is -2.52. The summed E-state index contributed by atoms with van der Waals surface area (Å²) in [5.74, 6) is 0.823. The third kappa shape index (κ3) is 7.11. The lowest BCUT2D eigenvalue weighted by atomic mass is 10.1. The Balaban J connectivity index is 1.79. The normalized spacial score (nSPS) is 14.5. The number of nitrogens with zero attached hydrogens (tertiary/aromatic N) is 1. The molecule has 1 saturated carbocycles. The molecule has 0 aliphatic heterocycles. The van der Waals surface area contributed by atoms with E-state index in [-0.39, 0.29) is 31.0 Å². The summed E-state index contributed by atoms with van der Waals surface area (Å²) in [7, 11) is 1.60. The van der Waals surface area contributed by atoms with Crippen LogP contribution in [0.2, 0.25) is 5.02 Å². The van der Waals surface area contributed by atoms with Crippen molar-refractivity contribution < 1.29 is 19.1 Å². The molecule has 2 amide bonds. The van der Waals surface area contributed by atoms with Crippen LogP contribution < -0.4 is 14.8 Å². The summed E-state index contributed by atoms with van der Waals surface area (Å²) in [5, 5.41) is 3.71. The van der Waals surface area contributed by atoms with Gasteiger partial charge in [-0.1, -0.05) is 43.5 Å². The van der Waals surface area contributed by atoms with Gasteiger partial charge in [0.1, 0.15) is 17.5 Å². The number of hydrogen-bond acceptors (Lipinski definition) is 4. The first kappa shape index (κ1) is 25.4. The fourth-order valence-electron chi connectivity index (χ4n) is 4.07. The largest absolute Gasteiger partial charge is 0.497 e. The van der Waals surface area contributed by atoms with E-state index in [0.29, 0.717) is 27.4 Å². The molecule has 0 saturated heterocycles. The van der Waals surface area contributed by atoms with Gasteiger partial charge in [-0.2, -0.15) is 0 Å². The summed E-state index contributed by atoms with van der Waals surface area (Å²) in [6, 6.07) is 12.2. The number of carbonyl (C=O) groups excluding carboxylic acids is 2. The van der Waals surface area contributed by atoms with Crippen molar-refractivity contribution in [2.24, 2.45) is 0 Å². The molecule has 2 aromatic carbocycles. The van der Waals surface area contributed by atoms with Crippen molar-refractivity contribution in [1.29, 1.82) is 0 Å². The highest BCUT2D eigenvalue weighted by molar-refractivity contribution is 9.10. The molecule has 1 aliphatic carbocycles. The number of benzene rings is 2. The van der Waals surface area contributed by atoms with Crippen LogP contribution in [0.4, 0.5) is 0 Å². The minimum absolute atomic E-state index is 0.117. The smallest absolute Gasteiger partial charge is 0.261 e. The van der Waals surface area contributed by atoms with Crippen molar-refractivity contribution in [2.75, 3.05) is 13.7 Å². The van der Waals surface area contributed by atoms with Gasteiger partial charge in [-0.05, 0) is 71.1 Å². The molecule has 0 bridgehead atoms. The van der Waals surface area contributed by atoms with Crippen LogP contribution in [0.3, 0.4) is 0 Å². The summed E-state index contributed by atoms with van der Waals surface area (Å²) >= 11 is 9.40. The molecule has 0 unspecified atom stereocenters. The Morgan fingerprint density at radius 2 is 1.97 bits per heavy atom. The van der Waals surface area contributed by atoms with Crippen molar-refractivity contribution in [1.82, 2.24) is 10.2 Å². The van der Waals surface area contributed by atoms with E-state index in [1.165, 1.54) is 0 Å². The van der Waals surface area contributed by atoms with Crippen LogP contribution >= 0.6 is 27.5 Å². The van der Waals surface area contributed by atoms with Gasteiger partial charge < -0.3 is 19.7 Å². The second-order valence-corrected chi connectivity index (χ2v) is 9.44. The van der Waals surface area contributed by atoms with E-state index in [1.54, 1.807) is 30.2 Å². The molecule has 1 atom stereocenters. The van der Waals surface area contributed by atoms with Gasteiger partial charge in [0.25, 0.3) is 5.91 Å². The zero-order chi connectivity index (χ0) is 23.8. The average molecular weight is 538 g/mol. The molecule has 1 aliphatic rings. The third-order valence-corrected chi connectivity index (χ3v) is 6.67. The molecular formula is C25H30BrClN2O4. The monoisotopic (exact) mass is 536 g/mol. The van der Waals surface area contributed by atoms with Crippen molar-refractivity contribution in [3.05, 3.63) is 57.5 Å². The maximum absolute atomic E-state index is 13.3. The lowest BCUT2D eigenvalue weighted by molar-refractivity contribution is -0.143. The Kier molecular flexibility index (Phi) is 9.44. The predicted molar refractivity (Wildman–Crippen MR) is 133 cm³/mol. The van der Waals surface area contributed by atoms with Crippen molar-refractivity contribution in [3.63, 3.8) is 0 Å². The second kappa shape index (κ2) is 12.3. The van der Waals surface area contributed by atoms with E-state index in [4.69, 9.17) is 21.1 Å². The number of ether oxygens (including phenoxy) is 2. The van der Waals surface area contributed by atoms with Gasteiger partial charge in [0.2, 0.25) is 5.91 Å². The Morgan fingerprint density at radius 1 is 1.21 bits per heavy atom. The molecule has 178 valence electrons. The molecule has 8 heteroatoms. The highest BCUT2D eigenvalue weighted by Gasteiger charge is 2.31. The first-order valence-electron chi connectivity index (χ1n) is 11.2. The van der Waals surface area contributed by atoms with Crippen LogP contribution in [0.5, 0.6) is 11.5 Å². The molecule has 2 aromatic rings. The molecule has 33 heavy (non-hydrogen) atoms.